The Morgan fingerprint density at radius 3 is 2.37 bits per heavy atom. The lowest BCUT2D eigenvalue weighted by Crippen LogP contribution is -1.83. The van der Waals surface area contributed by atoms with E-state index >= 15 is 0 Å². The molecule has 0 aliphatic heterocycles. The molecule has 3 heteroatoms. The number of ether oxygens (including phenoxy) is 1. The number of benzene rings is 2. The van der Waals surface area contributed by atoms with Gasteiger partial charge in [0.2, 0.25) is 0 Å². The van der Waals surface area contributed by atoms with Crippen LogP contribution in [-0.4, -0.2) is 7.11 Å². The average molecular weight is 291 g/mol. The standard InChI is InChI=1S/C16H15ClOS/c1-18-16-8-4-14(5-9-16)12-19-11-10-13-2-6-15(17)7-3-13/h2-11H,12H2,1H3. The molecular formula is C16H15ClOS. The molecule has 0 spiro atoms. The Bertz CT molecular complexity index is 532. The molecule has 0 amide bonds. The molecule has 0 fully saturated rings. The van der Waals surface area contributed by atoms with Crippen LogP contribution in [0.3, 0.4) is 0 Å². The van der Waals surface area contributed by atoms with Crippen molar-refractivity contribution >= 4 is 29.4 Å². The number of thioether (sulfide) groups is 1. The van der Waals surface area contributed by atoms with Gasteiger partial charge in [-0.2, -0.15) is 0 Å². The number of rotatable bonds is 5. The molecule has 2 aromatic rings. The molecule has 0 N–H and O–H groups in total. The minimum Gasteiger partial charge on any atom is -0.497 e. The number of methoxy groups -OCH3 is 1. The van der Waals surface area contributed by atoms with Crippen molar-refractivity contribution in [3.8, 4) is 5.75 Å². The van der Waals surface area contributed by atoms with Crippen LogP contribution in [0.15, 0.2) is 53.9 Å². The number of hydrogen-bond donors (Lipinski definition) is 0. The van der Waals surface area contributed by atoms with Gasteiger partial charge >= 0.3 is 0 Å². The van der Waals surface area contributed by atoms with Gasteiger partial charge in [0.05, 0.1) is 7.11 Å². The summed E-state index contributed by atoms with van der Waals surface area (Å²) in [5.41, 5.74) is 2.44. The van der Waals surface area contributed by atoms with E-state index in [2.05, 4.69) is 23.6 Å². The van der Waals surface area contributed by atoms with E-state index < -0.39 is 0 Å². The molecule has 0 aromatic heterocycles. The predicted molar refractivity (Wildman–Crippen MR) is 84.8 cm³/mol. The first-order valence-electron chi connectivity index (χ1n) is 5.94. The summed E-state index contributed by atoms with van der Waals surface area (Å²) in [5, 5.41) is 2.87. The second kappa shape index (κ2) is 7.27. The zero-order valence-corrected chi connectivity index (χ0v) is 12.2. The van der Waals surface area contributed by atoms with Crippen LogP contribution in [0.1, 0.15) is 11.1 Å². The van der Waals surface area contributed by atoms with Gasteiger partial charge in [0, 0.05) is 10.8 Å². The predicted octanol–water partition coefficient (Wildman–Crippen LogP) is 5.25. The first-order chi connectivity index (χ1) is 9.28. The number of hydrogen-bond acceptors (Lipinski definition) is 2. The summed E-state index contributed by atoms with van der Waals surface area (Å²) in [6.45, 7) is 0. The maximum absolute atomic E-state index is 5.84. The zero-order valence-electron chi connectivity index (χ0n) is 10.7. The second-order valence-electron chi connectivity index (χ2n) is 4.01. The molecule has 19 heavy (non-hydrogen) atoms. The fraction of sp³-hybridized carbons (Fsp3) is 0.125. The van der Waals surface area contributed by atoms with Gasteiger partial charge in [-0.15, -0.1) is 11.8 Å². The van der Waals surface area contributed by atoms with Gasteiger partial charge < -0.3 is 4.74 Å². The van der Waals surface area contributed by atoms with Gasteiger partial charge in [0.25, 0.3) is 0 Å². The third kappa shape index (κ3) is 4.66. The highest BCUT2D eigenvalue weighted by molar-refractivity contribution is 8.01. The van der Waals surface area contributed by atoms with Gasteiger partial charge in [-0.3, -0.25) is 0 Å². The average Bonchev–Trinajstić information content (AvgIpc) is 2.46. The summed E-state index contributed by atoms with van der Waals surface area (Å²) in [5.74, 6) is 1.85. The van der Waals surface area contributed by atoms with E-state index in [0.717, 1.165) is 22.1 Å². The van der Waals surface area contributed by atoms with Crippen molar-refractivity contribution in [1.82, 2.24) is 0 Å². The largest absolute Gasteiger partial charge is 0.497 e. The van der Waals surface area contributed by atoms with Crippen LogP contribution in [0.4, 0.5) is 0 Å². The van der Waals surface area contributed by atoms with E-state index in [-0.39, 0.29) is 0 Å². The van der Waals surface area contributed by atoms with Crippen molar-refractivity contribution in [2.45, 2.75) is 5.75 Å². The van der Waals surface area contributed by atoms with Crippen LogP contribution in [0.2, 0.25) is 5.02 Å². The van der Waals surface area contributed by atoms with Crippen LogP contribution in [-0.2, 0) is 5.75 Å². The Kier molecular flexibility index (Phi) is 5.37. The zero-order chi connectivity index (χ0) is 13.5. The van der Waals surface area contributed by atoms with Crippen LogP contribution < -0.4 is 4.74 Å². The molecule has 0 heterocycles. The fourth-order valence-electron chi connectivity index (χ4n) is 1.57. The summed E-state index contributed by atoms with van der Waals surface area (Å²) in [7, 11) is 1.68. The van der Waals surface area contributed by atoms with Crippen molar-refractivity contribution in [3.05, 3.63) is 70.1 Å². The van der Waals surface area contributed by atoms with E-state index in [9.17, 15) is 0 Å². The summed E-state index contributed by atoms with van der Waals surface area (Å²) < 4.78 is 5.13. The van der Waals surface area contributed by atoms with E-state index in [1.165, 1.54) is 5.56 Å². The Hall–Kier alpha value is -1.38. The summed E-state index contributed by atoms with van der Waals surface area (Å²) in [4.78, 5) is 0. The minimum atomic E-state index is 0.767. The second-order valence-corrected chi connectivity index (χ2v) is 5.34. The molecule has 0 saturated carbocycles. The van der Waals surface area contributed by atoms with Crippen LogP contribution >= 0.6 is 23.4 Å². The normalized spacial score (nSPS) is 10.8. The van der Waals surface area contributed by atoms with Gasteiger partial charge in [-0.1, -0.05) is 35.9 Å². The van der Waals surface area contributed by atoms with Crippen molar-refractivity contribution in [1.29, 1.82) is 0 Å². The third-order valence-electron chi connectivity index (χ3n) is 2.64. The quantitative estimate of drug-likeness (QED) is 0.743. The maximum Gasteiger partial charge on any atom is 0.118 e. The third-order valence-corrected chi connectivity index (χ3v) is 3.72. The molecule has 2 rings (SSSR count). The van der Waals surface area contributed by atoms with E-state index in [0.29, 0.717) is 0 Å². The van der Waals surface area contributed by atoms with Crippen molar-refractivity contribution in [2.75, 3.05) is 7.11 Å². The van der Waals surface area contributed by atoms with Crippen LogP contribution in [0, 0.1) is 0 Å². The first-order valence-corrected chi connectivity index (χ1v) is 7.37. The SMILES string of the molecule is COc1ccc(CSC=Cc2ccc(Cl)cc2)cc1. The van der Waals surface area contributed by atoms with Crippen molar-refractivity contribution in [3.63, 3.8) is 0 Å². The van der Waals surface area contributed by atoms with Crippen LogP contribution in [0.25, 0.3) is 6.08 Å². The van der Waals surface area contributed by atoms with E-state index in [4.69, 9.17) is 16.3 Å². The molecular weight excluding hydrogens is 276 g/mol. The van der Waals surface area contributed by atoms with Crippen molar-refractivity contribution < 1.29 is 4.74 Å². The lowest BCUT2D eigenvalue weighted by Gasteiger charge is -2.01. The van der Waals surface area contributed by atoms with Crippen LogP contribution in [0.5, 0.6) is 5.75 Å². The molecule has 0 aliphatic carbocycles. The van der Waals surface area contributed by atoms with Crippen molar-refractivity contribution in [2.24, 2.45) is 0 Å². The maximum atomic E-state index is 5.84. The topological polar surface area (TPSA) is 9.23 Å². The molecule has 98 valence electrons. The Morgan fingerprint density at radius 1 is 1.05 bits per heavy atom. The molecule has 2 aromatic carbocycles. The highest BCUT2D eigenvalue weighted by Gasteiger charge is 1.93. The molecule has 1 nitrogen and oxygen atoms in total. The highest BCUT2D eigenvalue weighted by Crippen LogP contribution is 2.18. The molecule has 0 bridgehead atoms. The summed E-state index contributed by atoms with van der Waals surface area (Å²) in [6.07, 6.45) is 2.09. The Labute approximate surface area is 123 Å². The molecule has 0 atom stereocenters. The molecule has 0 saturated heterocycles. The Balaban J connectivity index is 1.83. The highest BCUT2D eigenvalue weighted by atomic mass is 35.5. The van der Waals surface area contributed by atoms with Gasteiger partial charge in [0.1, 0.15) is 5.75 Å². The molecule has 0 unspecified atom stereocenters. The fourth-order valence-corrected chi connectivity index (χ4v) is 2.43. The summed E-state index contributed by atoms with van der Waals surface area (Å²) in [6, 6.07) is 16.0. The van der Waals surface area contributed by atoms with Gasteiger partial charge in [-0.05, 0) is 46.9 Å². The van der Waals surface area contributed by atoms with E-state index in [1.807, 2.05) is 36.4 Å². The van der Waals surface area contributed by atoms with E-state index in [1.54, 1.807) is 18.9 Å². The lowest BCUT2D eigenvalue weighted by molar-refractivity contribution is 0.414. The first kappa shape index (κ1) is 14.0. The monoisotopic (exact) mass is 290 g/mol. The van der Waals surface area contributed by atoms with Gasteiger partial charge in [0.15, 0.2) is 0 Å². The summed E-state index contributed by atoms with van der Waals surface area (Å²) >= 11 is 7.60. The molecule has 0 radical (unpaired) electrons. The van der Waals surface area contributed by atoms with Gasteiger partial charge in [-0.25, -0.2) is 0 Å². The smallest absolute Gasteiger partial charge is 0.118 e. The number of halogens is 1. The Morgan fingerprint density at radius 2 is 1.74 bits per heavy atom. The minimum absolute atomic E-state index is 0.767. The lowest BCUT2D eigenvalue weighted by atomic mass is 10.2. The molecule has 0 aliphatic rings.